The molecule has 0 aliphatic carbocycles. The van der Waals surface area contributed by atoms with Crippen molar-refractivity contribution in [2.24, 2.45) is 0 Å². The van der Waals surface area contributed by atoms with Crippen molar-refractivity contribution in [2.45, 2.75) is 43.2 Å². The van der Waals surface area contributed by atoms with Crippen LogP contribution in [0.15, 0.2) is 18.2 Å². The van der Waals surface area contributed by atoms with E-state index >= 15 is 0 Å². The van der Waals surface area contributed by atoms with Gasteiger partial charge in [0.15, 0.2) is 0 Å². The van der Waals surface area contributed by atoms with Gasteiger partial charge in [0.1, 0.15) is 24.5 Å². The molecule has 1 fully saturated rings. The smallest absolute Gasteiger partial charge is 0.405 e. The first kappa shape index (κ1) is 21.7. The summed E-state index contributed by atoms with van der Waals surface area (Å²) >= 11 is 0. The second-order valence-electron chi connectivity index (χ2n) is 7.13. The van der Waals surface area contributed by atoms with Crippen LogP contribution in [0.4, 0.5) is 18.9 Å². The summed E-state index contributed by atoms with van der Waals surface area (Å²) in [6, 6.07) is 4.75. The van der Waals surface area contributed by atoms with Crippen LogP contribution in [-0.4, -0.2) is 63.3 Å². The Morgan fingerprint density at radius 1 is 1.34 bits per heavy atom. The van der Waals surface area contributed by atoms with Crippen molar-refractivity contribution in [3.05, 3.63) is 23.8 Å². The second-order valence-corrected chi connectivity index (χ2v) is 8.88. The first-order valence-corrected chi connectivity index (χ1v) is 10.7. The molecule has 0 aromatic heterocycles. The van der Waals surface area contributed by atoms with E-state index in [1.165, 1.54) is 6.07 Å². The maximum atomic E-state index is 12.3. The molecule has 3 N–H and O–H groups in total. The topological polar surface area (TPSA) is 114 Å². The number of aliphatic hydroxyl groups excluding tert-OH is 1. The Balaban J connectivity index is 1.74. The highest BCUT2D eigenvalue weighted by Gasteiger charge is 2.46. The van der Waals surface area contributed by atoms with Crippen LogP contribution in [0.25, 0.3) is 0 Å². The van der Waals surface area contributed by atoms with Gasteiger partial charge in [-0.05, 0) is 24.6 Å². The van der Waals surface area contributed by atoms with E-state index in [-0.39, 0.29) is 18.8 Å². The number of halogens is 3. The fraction of sp³-hybridized carbons (Fsp3) is 0.588. The average molecular weight is 438 g/mol. The number of fused-ring (bicyclic) bond motifs is 3. The minimum absolute atomic E-state index is 0.274. The molecule has 0 spiro atoms. The van der Waals surface area contributed by atoms with E-state index in [2.05, 4.69) is 4.72 Å². The molecule has 0 bridgehead atoms. The summed E-state index contributed by atoms with van der Waals surface area (Å²) in [7, 11) is -3.48. The Kier molecular flexibility index (Phi) is 5.97. The molecule has 4 atom stereocenters. The molecule has 2 heterocycles. The molecular weight excluding hydrogens is 417 g/mol. The zero-order chi connectivity index (χ0) is 21.4. The zero-order valence-electron chi connectivity index (χ0n) is 15.4. The lowest BCUT2D eigenvalue weighted by Gasteiger charge is -2.37. The van der Waals surface area contributed by atoms with Crippen molar-refractivity contribution >= 4 is 21.6 Å². The van der Waals surface area contributed by atoms with Crippen LogP contribution >= 0.6 is 0 Å². The van der Waals surface area contributed by atoms with Gasteiger partial charge in [-0.25, -0.2) is 8.42 Å². The number of anilines is 1. The quantitative estimate of drug-likeness (QED) is 0.614. The molecule has 1 aromatic carbocycles. The Hall–Kier alpha value is -2.05. The Bertz CT molecular complexity index is 876. The first-order chi connectivity index (χ1) is 13.4. The lowest BCUT2D eigenvalue weighted by molar-refractivity contribution is -0.149. The number of hydrogen-bond donors (Lipinski definition) is 3. The first-order valence-electron chi connectivity index (χ1n) is 8.83. The van der Waals surface area contributed by atoms with Gasteiger partial charge in [0, 0.05) is 17.2 Å². The standard InChI is InChI=1S/C17H21F3N2O6S/c1-29(25,26)22-9-2-3-13-11(4-9)12-5-10(27-14(7-23)16(12)28-13)6-15(24)21-8-17(18,19)20/h2-4,10,12,14,16,22-23H,5-8H2,1H3,(H,21,24)/t10-,12-,14-,16+/m0/s1. The van der Waals surface area contributed by atoms with Gasteiger partial charge in [0.25, 0.3) is 0 Å². The average Bonchev–Trinajstić information content (AvgIpc) is 2.95. The number of sulfonamides is 1. The predicted molar refractivity (Wildman–Crippen MR) is 96.1 cm³/mol. The molecule has 1 aromatic rings. The molecule has 29 heavy (non-hydrogen) atoms. The second kappa shape index (κ2) is 8.00. The molecule has 162 valence electrons. The maximum absolute atomic E-state index is 12.3. The number of carbonyl (C=O) groups is 1. The third kappa shape index (κ3) is 5.52. The van der Waals surface area contributed by atoms with Crippen LogP contribution in [0.5, 0.6) is 5.75 Å². The number of rotatable bonds is 6. The number of ether oxygens (including phenoxy) is 2. The van der Waals surface area contributed by atoms with Crippen molar-refractivity contribution in [2.75, 3.05) is 24.1 Å². The van der Waals surface area contributed by atoms with Crippen LogP contribution in [0.3, 0.4) is 0 Å². The fourth-order valence-corrected chi connectivity index (χ4v) is 4.20. The lowest BCUT2D eigenvalue weighted by Crippen LogP contribution is -2.47. The summed E-state index contributed by atoms with van der Waals surface area (Å²) in [5.74, 6) is -0.616. The fourth-order valence-electron chi connectivity index (χ4n) is 3.64. The summed E-state index contributed by atoms with van der Waals surface area (Å²) in [4.78, 5) is 11.8. The van der Waals surface area contributed by atoms with Gasteiger partial charge in [0.05, 0.1) is 25.4 Å². The van der Waals surface area contributed by atoms with Gasteiger partial charge in [-0.3, -0.25) is 9.52 Å². The van der Waals surface area contributed by atoms with E-state index in [0.717, 1.165) is 6.26 Å². The van der Waals surface area contributed by atoms with Crippen LogP contribution in [-0.2, 0) is 19.6 Å². The normalized spacial score (nSPS) is 26.2. The molecule has 0 unspecified atom stereocenters. The molecule has 2 aliphatic rings. The third-order valence-electron chi connectivity index (χ3n) is 4.70. The maximum Gasteiger partial charge on any atom is 0.405 e. The molecule has 1 saturated heterocycles. The van der Waals surface area contributed by atoms with E-state index in [1.54, 1.807) is 17.4 Å². The van der Waals surface area contributed by atoms with Crippen LogP contribution in [0.1, 0.15) is 24.3 Å². The van der Waals surface area contributed by atoms with Gasteiger partial charge in [-0.1, -0.05) is 0 Å². The highest BCUT2D eigenvalue weighted by molar-refractivity contribution is 7.92. The van der Waals surface area contributed by atoms with E-state index < -0.39 is 53.6 Å². The summed E-state index contributed by atoms with van der Waals surface area (Å²) in [6.45, 7) is -1.83. The van der Waals surface area contributed by atoms with E-state index in [0.29, 0.717) is 17.0 Å². The van der Waals surface area contributed by atoms with Gasteiger partial charge >= 0.3 is 6.18 Å². The molecule has 0 saturated carbocycles. The van der Waals surface area contributed by atoms with Gasteiger partial charge in [-0.2, -0.15) is 13.2 Å². The number of aliphatic hydroxyl groups is 1. The minimum Gasteiger partial charge on any atom is -0.487 e. The monoisotopic (exact) mass is 438 g/mol. The zero-order valence-corrected chi connectivity index (χ0v) is 16.2. The summed E-state index contributed by atoms with van der Waals surface area (Å²) < 4.78 is 73.6. The molecule has 2 aliphatic heterocycles. The number of nitrogens with one attached hydrogen (secondary N) is 2. The van der Waals surface area contributed by atoms with E-state index in [1.807, 2.05) is 0 Å². The highest BCUT2D eigenvalue weighted by Crippen LogP contribution is 2.47. The number of benzene rings is 1. The minimum atomic E-state index is -4.51. The van der Waals surface area contributed by atoms with Gasteiger partial charge in [-0.15, -0.1) is 0 Å². The SMILES string of the molecule is CS(=O)(=O)Nc1ccc2c(c1)[C@@H]1C[C@@H](CC(=O)NCC(F)(F)F)O[C@@H](CO)[C@@H]1O2. The number of amides is 1. The molecule has 12 heteroatoms. The molecule has 3 rings (SSSR count). The Morgan fingerprint density at radius 3 is 2.69 bits per heavy atom. The van der Waals surface area contributed by atoms with Crippen LogP contribution in [0, 0.1) is 0 Å². The van der Waals surface area contributed by atoms with E-state index in [4.69, 9.17) is 9.47 Å². The van der Waals surface area contributed by atoms with Crippen LogP contribution < -0.4 is 14.8 Å². The van der Waals surface area contributed by atoms with Crippen molar-refractivity contribution in [1.29, 1.82) is 0 Å². The largest absolute Gasteiger partial charge is 0.487 e. The third-order valence-corrected chi connectivity index (χ3v) is 5.31. The summed E-state index contributed by atoms with van der Waals surface area (Å²) in [5, 5.41) is 11.4. The molecule has 0 radical (unpaired) electrons. The molecule has 8 nitrogen and oxygen atoms in total. The van der Waals surface area contributed by atoms with Crippen molar-refractivity contribution in [3.63, 3.8) is 0 Å². The van der Waals surface area contributed by atoms with Crippen LogP contribution in [0.2, 0.25) is 0 Å². The highest BCUT2D eigenvalue weighted by atomic mass is 32.2. The number of alkyl halides is 3. The van der Waals surface area contributed by atoms with Crippen molar-refractivity contribution < 1.29 is 41.0 Å². The number of hydrogen-bond acceptors (Lipinski definition) is 6. The van der Waals surface area contributed by atoms with Gasteiger partial charge in [0.2, 0.25) is 15.9 Å². The lowest BCUT2D eigenvalue weighted by atomic mass is 9.84. The Morgan fingerprint density at radius 2 is 2.07 bits per heavy atom. The van der Waals surface area contributed by atoms with E-state index in [9.17, 15) is 31.5 Å². The molecule has 1 amide bonds. The Labute approximate surface area is 165 Å². The summed E-state index contributed by atoms with van der Waals surface area (Å²) in [5.41, 5.74) is 1.02. The predicted octanol–water partition coefficient (Wildman–Crippen LogP) is 1.12. The van der Waals surface area contributed by atoms with Crippen molar-refractivity contribution in [3.8, 4) is 5.75 Å². The van der Waals surface area contributed by atoms with Crippen molar-refractivity contribution in [1.82, 2.24) is 5.32 Å². The van der Waals surface area contributed by atoms with Gasteiger partial charge < -0.3 is 19.9 Å². The number of carbonyl (C=O) groups excluding carboxylic acids is 1. The molecular formula is C17H21F3N2O6S. The summed E-state index contributed by atoms with van der Waals surface area (Å²) in [6.07, 6.45) is -5.55.